The van der Waals surface area contributed by atoms with E-state index < -0.39 is 22.7 Å². The fraction of sp³-hybridized carbons (Fsp3) is 0.333. The predicted octanol–water partition coefficient (Wildman–Crippen LogP) is 5.10. The van der Waals surface area contributed by atoms with Gasteiger partial charge in [0.2, 0.25) is 0 Å². The summed E-state index contributed by atoms with van der Waals surface area (Å²) in [6.45, 7) is 2.24. The average Bonchev–Trinajstić information content (AvgIpc) is 2.57. The second-order valence-electron chi connectivity index (χ2n) is 3.86. The van der Waals surface area contributed by atoms with Gasteiger partial charge in [-0.15, -0.1) is 0 Å². The van der Waals surface area contributed by atoms with Gasteiger partial charge in [0.05, 0.1) is 0 Å². The van der Waals surface area contributed by atoms with E-state index in [0.29, 0.717) is 0 Å². The van der Waals surface area contributed by atoms with Crippen molar-refractivity contribution in [3.05, 3.63) is 41.0 Å². The van der Waals surface area contributed by atoms with Crippen LogP contribution in [0.4, 0.5) is 10.5 Å². The molecule has 0 bridgehead atoms. The molecule has 1 aromatic carbocycles. The number of hydrogen-bond acceptors (Lipinski definition) is 0. The summed E-state index contributed by atoms with van der Waals surface area (Å²) >= 11 is -7.18. The van der Waals surface area contributed by atoms with Crippen LogP contribution in [0, 0.1) is 0 Å². The van der Waals surface area contributed by atoms with Crippen molar-refractivity contribution in [2.24, 2.45) is 0 Å². The zero-order valence-electron chi connectivity index (χ0n) is 9.52. The zero-order valence-corrected chi connectivity index (χ0v) is 12.0. The van der Waals surface area contributed by atoms with Gasteiger partial charge in [-0.1, -0.05) is 49.3 Å². The summed E-state index contributed by atoms with van der Waals surface area (Å²) in [4.78, 5) is 0. The summed E-state index contributed by atoms with van der Waals surface area (Å²) in [5.41, 5.74) is 4.53. The van der Waals surface area contributed by atoms with Gasteiger partial charge in [-0.3, -0.25) is 0 Å². The van der Waals surface area contributed by atoms with Crippen molar-refractivity contribution in [3.63, 3.8) is 0 Å². The molecule has 94 valence electrons. The third-order valence-corrected chi connectivity index (χ3v) is 2.40. The minimum absolute atomic E-state index is 1.18. The molecule has 0 atom stereocenters. The molecule has 0 unspecified atom stereocenters. The van der Waals surface area contributed by atoms with Crippen LogP contribution in [0.3, 0.4) is 0 Å². The number of halogens is 4. The molecule has 5 heteroatoms. The van der Waals surface area contributed by atoms with Gasteiger partial charge >= 0.3 is 33.2 Å². The molecule has 1 aliphatic carbocycles. The molecule has 0 saturated carbocycles. The van der Waals surface area contributed by atoms with Crippen molar-refractivity contribution >= 4 is 6.08 Å². The Balaban J connectivity index is 0.000000249. The Bertz CT molecular complexity index is 390. The Kier molecular flexibility index (Phi) is 5.58. The van der Waals surface area contributed by atoms with Gasteiger partial charge in [0.25, 0.3) is 0 Å². The summed E-state index contributed by atoms with van der Waals surface area (Å²) in [5.74, 6) is 0. The minimum atomic E-state index is -7.18. The summed E-state index contributed by atoms with van der Waals surface area (Å²) in [6, 6.07) is 8.68. The van der Waals surface area contributed by atoms with Crippen molar-refractivity contribution in [3.8, 4) is 0 Å². The van der Waals surface area contributed by atoms with Crippen molar-refractivity contribution < 1.29 is 33.2 Å². The van der Waals surface area contributed by atoms with E-state index in [1.165, 1.54) is 30.4 Å². The number of rotatable bonds is 2. The number of hydrogen-bond donors (Lipinski definition) is 0. The van der Waals surface area contributed by atoms with Crippen LogP contribution in [-0.4, -0.2) is 0 Å². The maximum absolute atomic E-state index is 9.90. The van der Waals surface area contributed by atoms with Gasteiger partial charge in [0.15, 0.2) is 0 Å². The molecule has 0 aliphatic heterocycles. The first kappa shape index (κ1) is 14.6. The van der Waals surface area contributed by atoms with Crippen LogP contribution in [0.25, 0.3) is 6.08 Å². The van der Waals surface area contributed by atoms with Crippen molar-refractivity contribution in [2.45, 2.75) is 26.2 Å². The molecule has 0 saturated heterocycles. The second kappa shape index (κ2) is 6.48. The molecule has 0 N–H and O–H groups in total. The molecule has 17 heavy (non-hydrogen) atoms. The molecule has 2 rings (SSSR count). The Morgan fingerprint density at radius 3 is 2.24 bits per heavy atom. The van der Waals surface area contributed by atoms with E-state index in [2.05, 4.69) is 37.3 Å². The SMILES string of the molecule is CCCC1=Cc2ccccc2C1.[F][Zr]([F])([F])[F]. The molecular weight excluding hydrogens is 311 g/mol. The Morgan fingerprint density at radius 1 is 1.12 bits per heavy atom. The van der Waals surface area contributed by atoms with Crippen LogP contribution >= 0.6 is 0 Å². The Morgan fingerprint density at radius 2 is 1.71 bits per heavy atom. The van der Waals surface area contributed by atoms with E-state index in [-0.39, 0.29) is 0 Å². The molecule has 0 fully saturated rings. The number of allylic oxidation sites excluding steroid dienone is 1. The summed E-state index contributed by atoms with van der Waals surface area (Å²) in [6.07, 6.45) is 6.05. The first-order chi connectivity index (χ1) is 7.90. The summed E-state index contributed by atoms with van der Waals surface area (Å²) in [7, 11) is 0. The van der Waals surface area contributed by atoms with Gasteiger partial charge in [0, 0.05) is 0 Å². The van der Waals surface area contributed by atoms with Gasteiger partial charge in [-0.05, 0) is 24.0 Å². The topological polar surface area (TPSA) is 0 Å². The predicted molar refractivity (Wildman–Crippen MR) is 57.5 cm³/mol. The Labute approximate surface area is 106 Å². The number of fused-ring (bicyclic) bond motifs is 1. The molecule has 0 radical (unpaired) electrons. The van der Waals surface area contributed by atoms with Crippen LogP contribution in [0.2, 0.25) is 0 Å². The molecule has 1 aromatic rings. The van der Waals surface area contributed by atoms with Gasteiger partial charge < -0.3 is 0 Å². The Hall–Kier alpha value is -0.437. The van der Waals surface area contributed by atoms with Gasteiger partial charge in [-0.2, -0.15) is 0 Å². The van der Waals surface area contributed by atoms with E-state index in [9.17, 15) is 10.5 Å². The van der Waals surface area contributed by atoms with E-state index >= 15 is 0 Å². The third kappa shape index (κ3) is 6.16. The van der Waals surface area contributed by atoms with E-state index in [1.54, 1.807) is 5.57 Å². The second-order valence-corrected chi connectivity index (χ2v) is 5.96. The van der Waals surface area contributed by atoms with Gasteiger partial charge in [-0.25, -0.2) is 0 Å². The normalized spacial score (nSPS) is 13.6. The number of benzene rings is 1. The molecule has 0 spiro atoms. The van der Waals surface area contributed by atoms with Gasteiger partial charge in [0.1, 0.15) is 0 Å². The van der Waals surface area contributed by atoms with Crippen molar-refractivity contribution in [2.75, 3.05) is 0 Å². The average molecular weight is 325 g/mol. The third-order valence-electron chi connectivity index (χ3n) is 2.40. The van der Waals surface area contributed by atoms with Crippen LogP contribution in [0.1, 0.15) is 30.9 Å². The van der Waals surface area contributed by atoms with E-state index in [0.717, 1.165) is 0 Å². The summed E-state index contributed by atoms with van der Waals surface area (Å²) in [5, 5.41) is 0. The molecule has 0 aromatic heterocycles. The fourth-order valence-electron chi connectivity index (χ4n) is 1.83. The molecule has 0 nitrogen and oxygen atoms in total. The van der Waals surface area contributed by atoms with Crippen LogP contribution in [-0.2, 0) is 29.1 Å². The molecule has 0 heterocycles. The zero-order chi connectivity index (χ0) is 12.9. The van der Waals surface area contributed by atoms with Crippen LogP contribution < -0.4 is 0 Å². The standard InChI is InChI=1S/C12H14.4FH.Zr/c1-2-5-10-8-11-6-3-4-7-12(11)9-10;;;;;/h3-4,6-8H,2,5,9H2,1H3;4*1H;/q;;;;;+4/p-4. The van der Waals surface area contributed by atoms with Crippen molar-refractivity contribution in [1.29, 1.82) is 0 Å². The van der Waals surface area contributed by atoms with Crippen LogP contribution in [0.15, 0.2) is 29.8 Å². The van der Waals surface area contributed by atoms with Crippen LogP contribution in [0.5, 0.6) is 0 Å². The monoisotopic (exact) mass is 324 g/mol. The molecular formula is C12H14F4Zr. The fourth-order valence-corrected chi connectivity index (χ4v) is 1.83. The first-order valence-electron chi connectivity index (χ1n) is 5.43. The summed E-state index contributed by atoms with van der Waals surface area (Å²) < 4.78 is 39.6. The quantitative estimate of drug-likeness (QED) is 0.663. The molecule has 1 aliphatic rings. The first-order valence-corrected chi connectivity index (χ1v) is 9.14. The van der Waals surface area contributed by atoms with Crippen molar-refractivity contribution in [1.82, 2.24) is 0 Å². The maximum atomic E-state index is 9.90. The van der Waals surface area contributed by atoms with E-state index in [1.807, 2.05) is 0 Å². The molecule has 0 amide bonds. The van der Waals surface area contributed by atoms with E-state index in [4.69, 9.17) is 0 Å².